The van der Waals surface area contributed by atoms with Gasteiger partial charge in [0.1, 0.15) is 6.07 Å². The number of nitrogens with zero attached hydrogens (tertiary/aromatic N) is 2. The monoisotopic (exact) mass is 246 g/mol. The second kappa shape index (κ2) is 5.15. The SMILES string of the molecule is Cc1nc(CSc2ccccc2C#N)cs1. The van der Waals surface area contributed by atoms with Crippen molar-refractivity contribution < 1.29 is 0 Å². The molecule has 2 nitrogen and oxygen atoms in total. The van der Waals surface area contributed by atoms with Crippen molar-refractivity contribution in [3.05, 3.63) is 45.9 Å². The van der Waals surface area contributed by atoms with E-state index in [1.54, 1.807) is 23.1 Å². The highest BCUT2D eigenvalue weighted by molar-refractivity contribution is 7.98. The summed E-state index contributed by atoms with van der Waals surface area (Å²) in [4.78, 5) is 5.42. The molecule has 16 heavy (non-hydrogen) atoms. The van der Waals surface area contributed by atoms with Crippen LogP contribution >= 0.6 is 23.1 Å². The maximum absolute atomic E-state index is 8.94. The molecule has 0 N–H and O–H groups in total. The molecular formula is C12H10N2S2. The van der Waals surface area contributed by atoms with E-state index in [1.165, 1.54) is 0 Å². The summed E-state index contributed by atoms with van der Waals surface area (Å²) in [6.07, 6.45) is 0. The van der Waals surface area contributed by atoms with Crippen molar-refractivity contribution in [3.63, 3.8) is 0 Å². The number of aromatic nitrogens is 1. The zero-order chi connectivity index (χ0) is 11.4. The van der Waals surface area contributed by atoms with Gasteiger partial charge in [0.15, 0.2) is 0 Å². The van der Waals surface area contributed by atoms with Gasteiger partial charge in [0, 0.05) is 16.0 Å². The summed E-state index contributed by atoms with van der Waals surface area (Å²) in [5.41, 5.74) is 1.82. The Labute approximate surface area is 103 Å². The molecule has 0 aliphatic rings. The Morgan fingerprint density at radius 3 is 2.94 bits per heavy atom. The summed E-state index contributed by atoms with van der Waals surface area (Å²) in [6.45, 7) is 2.00. The summed E-state index contributed by atoms with van der Waals surface area (Å²) in [6, 6.07) is 9.85. The molecule has 0 aliphatic carbocycles. The molecule has 0 saturated carbocycles. The predicted octanol–water partition coefficient (Wildman–Crippen LogP) is 3.62. The van der Waals surface area contributed by atoms with Crippen LogP contribution in [-0.4, -0.2) is 4.98 Å². The lowest BCUT2D eigenvalue weighted by Crippen LogP contribution is -1.84. The van der Waals surface area contributed by atoms with Gasteiger partial charge in [-0.05, 0) is 19.1 Å². The Bertz CT molecular complexity index is 526. The normalized spacial score (nSPS) is 10.0. The van der Waals surface area contributed by atoms with E-state index in [9.17, 15) is 0 Å². The molecule has 2 aromatic rings. The molecule has 0 atom stereocenters. The van der Waals surface area contributed by atoms with E-state index in [4.69, 9.17) is 5.26 Å². The molecule has 0 unspecified atom stereocenters. The Kier molecular flexibility index (Phi) is 3.60. The molecule has 0 saturated heterocycles. The predicted molar refractivity (Wildman–Crippen MR) is 67.6 cm³/mol. The van der Waals surface area contributed by atoms with Crippen LogP contribution in [0.4, 0.5) is 0 Å². The van der Waals surface area contributed by atoms with Crippen LogP contribution < -0.4 is 0 Å². The number of rotatable bonds is 3. The van der Waals surface area contributed by atoms with Gasteiger partial charge in [0.25, 0.3) is 0 Å². The van der Waals surface area contributed by atoms with Crippen molar-refractivity contribution in [2.75, 3.05) is 0 Å². The number of aryl methyl sites for hydroxylation is 1. The minimum Gasteiger partial charge on any atom is -0.246 e. The van der Waals surface area contributed by atoms with E-state index in [0.717, 1.165) is 26.9 Å². The molecule has 4 heteroatoms. The Hall–Kier alpha value is -1.31. The van der Waals surface area contributed by atoms with Gasteiger partial charge in [0.2, 0.25) is 0 Å². The first kappa shape index (κ1) is 11.2. The average Bonchev–Trinajstić information content (AvgIpc) is 2.73. The van der Waals surface area contributed by atoms with Crippen LogP contribution in [0, 0.1) is 18.3 Å². The van der Waals surface area contributed by atoms with E-state index in [-0.39, 0.29) is 0 Å². The van der Waals surface area contributed by atoms with Crippen LogP contribution in [0.5, 0.6) is 0 Å². The first-order chi connectivity index (χ1) is 7.79. The fourth-order valence-corrected chi connectivity index (χ4v) is 2.92. The van der Waals surface area contributed by atoms with Gasteiger partial charge in [0.05, 0.1) is 16.3 Å². The molecule has 0 amide bonds. The van der Waals surface area contributed by atoms with Gasteiger partial charge in [-0.2, -0.15) is 5.26 Å². The molecule has 0 bridgehead atoms. The van der Waals surface area contributed by atoms with E-state index in [2.05, 4.69) is 16.4 Å². The van der Waals surface area contributed by atoms with Gasteiger partial charge < -0.3 is 0 Å². The molecule has 1 heterocycles. The molecule has 0 radical (unpaired) electrons. The lowest BCUT2D eigenvalue weighted by Gasteiger charge is -2.01. The zero-order valence-corrected chi connectivity index (χ0v) is 10.4. The largest absolute Gasteiger partial charge is 0.246 e. The van der Waals surface area contributed by atoms with Crippen LogP contribution in [0.2, 0.25) is 0 Å². The minimum atomic E-state index is 0.736. The number of benzene rings is 1. The first-order valence-electron chi connectivity index (χ1n) is 4.82. The third-order valence-electron chi connectivity index (χ3n) is 2.05. The number of hydrogen-bond donors (Lipinski definition) is 0. The highest BCUT2D eigenvalue weighted by Gasteiger charge is 2.03. The zero-order valence-electron chi connectivity index (χ0n) is 8.80. The van der Waals surface area contributed by atoms with Gasteiger partial charge in [-0.15, -0.1) is 23.1 Å². The molecule has 0 spiro atoms. The second-order valence-electron chi connectivity index (χ2n) is 3.25. The van der Waals surface area contributed by atoms with Crippen molar-refractivity contribution in [1.82, 2.24) is 4.98 Å². The molecule has 0 fully saturated rings. The van der Waals surface area contributed by atoms with Crippen molar-refractivity contribution in [2.45, 2.75) is 17.6 Å². The molecular weight excluding hydrogens is 236 g/mol. The Morgan fingerprint density at radius 2 is 2.25 bits per heavy atom. The van der Waals surface area contributed by atoms with E-state index >= 15 is 0 Å². The Morgan fingerprint density at radius 1 is 1.44 bits per heavy atom. The summed E-state index contributed by atoms with van der Waals surface area (Å²) < 4.78 is 0. The van der Waals surface area contributed by atoms with Crippen LogP contribution in [0.25, 0.3) is 0 Å². The van der Waals surface area contributed by atoms with E-state index in [0.29, 0.717) is 0 Å². The minimum absolute atomic E-state index is 0.736. The molecule has 1 aromatic heterocycles. The maximum atomic E-state index is 8.94. The molecule has 2 rings (SSSR count). The molecule has 1 aromatic carbocycles. The second-order valence-corrected chi connectivity index (χ2v) is 5.33. The summed E-state index contributed by atoms with van der Waals surface area (Å²) in [7, 11) is 0. The van der Waals surface area contributed by atoms with Gasteiger partial charge >= 0.3 is 0 Å². The third-order valence-corrected chi connectivity index (χ3v) is 3.98. The molecule has 80 valence electrons. The van der Waals surface area contributed by atoms with E-state index < -0.39 is 0 Å². The van der Waals surface area contributed by atoms with Crippen LogP contribution in [0.1, 0.15) is 16.3 Å². The maximum Gasteiger partial charge on any atom is 0.100 e. The van der Waals surface area contributed by atoms with Crippen LogP contribution in [0.15, 0.2) is 34.5 Å². The standard InChI is InChI=1S/C12H10N2S2/c1-9-14-11(7-15-9)8-16-12-5-3-2-4-10(12)6-13/h2-5,7H,8H2,1H3. The van der Waals surface area contributed by atoms with Crippen molar-refractivity contribution >= 4 is 23.1 Å². The number of thioether (sulfide) groups is 1. The van der Waals surface area contributed by atoms with E-state index in [1.807, 2.05) is 31.2 Å². The van der Waals surface area contributed by atoms with Gasteiger partial charge in [-0.1, -0.05) is 12.1 Å². The number of thiazole rings is 1. The van der Waals surface area contributed by atoms with Crippen LogP contribution in [0.3, 0.4) is 0 Å². The highest BCUT2D eigenvalue weighted by atomic mass is 32.2. The average molecular weight is 246 g/mol. The lowest BCUT2D eigenvalue weighted by molar-refractivity contribution is 1.18. The van der Waals surface area contributed by atoms with Gasteiger partial charge in [-0.25, -0.2) is 4.98 Å². The van der Waals surface area contributed by atoms with Crippen molar-refractivity contribution in [1.29, 1.82) is 5.26 Å². The van der Waals surface area contributed by atoms with Crippen molar-refractivity contribution in [3.8, 4) is 6.07 Å². The Balaban J connectivity index is 2.08. The summed E-state index contributed by atoms with van der Waals surface area (Å²) in [5, 5.41) is 12.1. The number of nitriles is 1. The smallest absolute Gasteiger partial charge is 0.100 e. The fourth-order valence-electron chi connectivity index (χ4n) is 1.31. The quantitative estimate of drug-likeness (QED) is 0.776. The summed E-state index contributed by atoms with van der Waals surface area (Å²) in [5.74, 6) is 0.822. The highest BCUT2D eigenvalue weighted by Crippen LogP contribution is 2.26. The lowest BCUT2D eigenvalue weighted by atomic mass is 10.2. The molecule has 0 aliphatic heterocycles. The van der Waals surface area contributed by atoms with Crippen molar-refractivity contribution in [2.24, 2.45) is 0 Å². The summed E-state index contributed by atoms with van der Waals surface area (Å²) >= 11 is 3.32. The third kappa shape index (κ3) is 2.63. The van der Waals surface area contributed by atoms with Gasteiger partial charge in [-0.3, -0.25) is 0 Å². The topological polar surface area (TPSA) is 36.7 Å². The first-order valence-corrected chi connectivity index (χ1v) is 6.69. The number of hydrogen-bond acceptors (Lipinski definition) is 4. The fraction of sp³-hybridized carbons (Fsp3) is 0.167. The van der Waals surface area contributed by atoms with Crippen LogP contribution in [-0.2, 0) is 5.75 Å².